The second kappa shape index (κ2) is 5.32. The fourth-order valence-electron chi connectivity index (χ4n) is 2.04. The van der Waals surface area contributed by atoms with E-state index in [4.69, 9.17) is 10.5 Å². The molecule has 0 saturated carbocycles. The van der Waals surface area contributed by atoms with E-state index in [1.54, 1.807) is 0 Å². The van der Waals surface area contributed by atoms with Gasteiger partial charge in [-0.3, -0.25) is 0 Å². The first kappa shape index (κ1) is 11.4. The van der Waals surface area contributed by atoms with Gasteiger partial charge in [0, 0.05) is 25.4 Å². The number of rotatable bonds is 4. The van der Waals surface area contributed by atoms with Gasteiger partial charge in [0.2, 0.25) is 0 Å². The van der Waals surface area contributed by atoms with Crippen LogP contribution in [0.1, 0.15) is 17.5 Å². The van der Waals surface area contributed by atoms with Crippen LogP contribution in [0.3, 0.4) is 0 Å². The lowest BCUT2D eigenvalue weighted by Gasteiger charge is -2.11. The zero-order chi connectivity index (χ0) is 11.4. The Morgan fingerprint density at radius 2 is 2.38 bits per heavy atom. The molecule has 2 rings (SSSR count). The lowest BCUT2D eigenvalue weighted by molar-refractivity contribution is 0.185. The van der Waals surface area contributed by atoms with Crippen LogP contribution < -0.4 is 11.1 Å². The Morgan fingerprint density at radius 1 is 1.50 bits per heavy atom. The van der Waals surface area contributed by atoms with Gasteiger partial charge in [0.1, 0.15) is 0 Å². The Balaban J connectivity index is 1.82. The quantitative estimate of drug-likeness (QED) is 0.759. The van der Waals surface area contributed by atoms with Crippen LogP contribution in [0, 0.1) is 12.8 Å². The summed E-state index contributed by atoms with van der Waals surface area (Å²) in [5, 5.41) is 3.45. The van der Waals surface area contributed by atoms with E-state index < -0.39 is 0 Å². The molecular weight excluding hydrogens is 200 g/mol. The molecule has 1 aromatic rings. The van der Waals surface area contributed by atoms with Crippen LogP contribution in [-0.2, 0) is 11.3 Å². The van der Waals surface area contributed by atoms with Gasteiger partial charge in [-0.15, -0.1) is 0 Å². The van der Waals surface area contributed by atoms with E-state index in [0.29, 0.717) is 5.92 Å². The summed E-state index contributed by atoms with van der Waals surface area (Å²) in [5.41, 5.74) is 9.25. The van der Waals surface area contributed by atoms with Crippen molar-refractivity contribution < 1.29 is 4.74 Å². The summed E-state index contributed by atoms with van der Waals surface area (Å²) in [6, 6.07) is 6.17. The molecule has 0 aliphatic carbocycles. The monoisotopic (exact) mass is 220 g/mol. The maximum absolute atomic E-state index is 5.92. The Morgan fingerprint density at radius 3 is 3.12 bits per heavy atom. The molecule has 1 heterocycles. The molecule has 3 nitrogen and oxygen atoms in total. The fraction of sp³-hybridized carbons (Fsp3) is 0.538. The Hall–Kier alpha value is -1.06. The fourth-order valence-corrected chi connectivity index (χ4v) is 2.04. The lowest BCUT2D eigenvalue weighted by atomic mass is 10.1. The maximum atomic E-state index is 5.92. The molecule has 0 radical (unpaired) electrons. The molecule has 0 spiro atoms. The third-order valence-corrected chi connectivity index (χ3v) is 3.07. The standard InChI is InChI=1S/C13H20N2O/c1-10-2-3-13(14)12(6-10)8-15-7-11-4-5-16-9-11/h2-3,6,11,15H,4-5,7-9,14H2,1H3. The van der Waals surface area contributed by atoms with Crippen molar-refractivity contribution in [1.29, 1.82) is 0 Å². The van der Waals surface area contributed by atoms with Crippen molar-refractivity contribution in [2.75, 3.05) is 25.5 Å². The summed E-state index contributed by atoms with van der Waals surface area (Å²) in [6.07, 6.45) is 1.18. The van der Waals surface area contributed by atoms with Crippen LogP contribution >= 0.6 is 0 Å². The van der Waals surface area contributed by atoms with Gasteiger partial charge in [-0.05, 0) is 30.9 Å². The summed E-state index contributed by atoms with van der Waals surface area (Å²) in [6.45, 7) is 5.78. The number of ether oxygens (including phenoxy) is 1. The molecule has 3 N–H and O–H groups in total. The molecule has 1 fully saturated rings. The van der Waals surface area contributed by atoms with E-state index in [2.05, 4.69) is 18.3 Å². The van der Waals surface area contributed by atoms with Crippen molar-refractivity contribution in [2.45, 2.75) is 19.9 Å². The van der Waals surface area contributed by atoms with Crippen LogP contribution in [0.5, 0.6) is 0 Å². The first-order chi connectivity index (χ1) is 7.75. The van der Waals surface area contributed by atoms with E-state index in [1.807, 2.05) is 12.1 Å². The van der Waals surface area contributed by atoms with Crippen molar-refractivity contribution >= 4 is 5.69 Å². The average molecular weight is 220 g/mol. The van der Waals surface area contributed by atoms with Gasteiger partial charge in [0.05, 0.1) is 6.61 Å². The van der Waals surface area contributed by atoms with Crippen LogP contribution in [0.2, 0.25) is 0 Å². The van der Waals surface area contributed by atoms with Crippen molar-refractivity contribution in [3.63, 3.8) is 0 Å². The van der Waals surface area contributed by atoms with Crippen LogP contribution in [0.15, 0.2) is 18.2 Å². The van der Waals surface area contributed by atoms with Crippen LogP contribution in [-0.4, -0.2) is 19.8 Å². The van der Waals surface area contributed by atoms with E-state index >= 15 is 0 Å². The Bertz CT molecular complexity index is 346. The molecule has 1 saturated heterocycles. The second-order valence-electron chi connectivity index (χ2n) is 4.56. The van der Waals surface area contributed by atoms with Crippen molar-refractivity contribution in [1.82, 2.24) is 5.32 Å². The van der Waals surface area contributed by atoms with Gasteiger partial charge in [-0.1, -0.05) is 17.7 Å². The van der Waals surface area contributed by atoms with E-state index in [9.17, 15) is 0 Å². The normalized spacial score (nSPS) is 20.2. The minimum Gasteiger partial charge on any atom is -0.398 e. The molecule has 1 aliphatic rings. The summed E-state index contributed by atoms with van der Waals surface area (Å²) >= 11 is 0. The minimum atomic E-state index is 0.672. The second-order valence-corrected chi connectivity index (χ2v) is 4.56. The number of hydrogen-bond donors (Lipinski definition) is 2. The molecule has 88 valence electrons. The lowest BCUT2D eigenvalue weighted by Crippen LogP contribution is -2.23. The number of anilines is 1. The highest BCUT2D eigenvalue weighted by atomic mass is 16.5. The molecule has 1 atom stereocenters. The largest absolute Gasteiger partial charge is 0.398 e. The number of nitrogens with two attached hydrogens (primary N) is 1. The zero-order valence-electron chi connectivity index (χ0n) is 9.83. The number of benzene rings is 1. The highest BCUT2D eigenvalue weighted by Gasteiger charge is 2.14. The SMILES string of the molecule is Cc1ccc(N)c(CNCC2CCOC2)c1. The number of hydrogen-bond acceptors (Lipinski definition) is 3. The van der Waals surface area contributed by atoms with Crippen LogP contribution in [0.25, 0.3) is 0 Å². The first-order valence-electron chi connectivity index (χ1n) is 5.89. The molecular formula is C13H20N2O. The van der Waals surface area contributed by atoms with Gasteiger partial charge >= 0.3 is 0 Å². The number of nitrogens with one attached hydrogen (secondary N) is 1. The summed E-state index contributed by atoms with van der Waals surface area (Å²) in [7, 11) is 0. The molecule has 0 aromatic heterocycles. The molecule has 0 bridgehead atoms. The van der Waals surface area contributed by atoms with Gasteiger partial charge in [-0.25, -0.2) is 0 Å². The highest BCUT2D eigenvalue weighted by molar-refractivity contribution is 5.48. The molecule has 1 aliphatic heterocycles. The summed E-state index contributed by atoms with van der Waals surface area (Å²) in [4.78, 5) is 0. The highest BCUT2D eigenvalue weighted by Crippen LogP contribution is 2.14. The molecule has 0 amide bonds. The summed E-state index contributed by atoms with van der Waals surface area (Å²) in [5.74, 6) is 0.672. The predicted octanol–water partition coefficient (Wildman–Crippen LogP) is 1.70. The van der Waals surface area contributed by atoms with Crippen molar-refractivity contribution in [3.8, 4) is 0 Å². The Labute approximate surface area is 97.0 Å². The van der Waals surface area contributed by atoms with Crippen molar-refractivity contribution in [2.24, 2.45) is 5.92 Å². The van der Waals surface area contributed by atoms with E-state index in [1.165, 1.54) is 17.5 Å². The molecule has 3 heteroatoms. The molecule has 16 heavy (non-hydrogen) atoms. The molecule has 1 unspecified atom stereocenters. The Kier molecular flexibility index (Phi) is 3.80. The predicted molar refractivity (Wildman–Crippen MR) is 66.2 cm³/mol. The smallest absolute Gasteiger partial charge is 0.0507 e. The summed E-state index contributed by atoms with van der Waals surface area (Å²) < 4.78 is 5.34. The third kappa shape index (κ3) is 2.97. The van der Waals surface area contributed by atoms with Gasteiger partial charge in [0.15, 0.2) is 0 Å². The molecule has 1 aromatic carbocycles. The van der Waals surface area contributed by atoms with Crippen LogP contribution in [0.4, 0.5) is 5.69 Å². The van der Waals surface area contributed by atoms with Gasteiger partial charge in [-0.2, -0.15) is 0 Å². The maximum Gasteiger partial charge on any atom is 0.0507 e. The minimum absolute atomic E-state index is 0.672. The average Bonchev–Trinajstić information content (AvgIpc) is 2.76. The van der Waals surface area contributed by atoms with E-state index in [-0.39, 0.29) is 0 Å². The topological polar surface area (TPSA) is 47.3 Å². The van der Waals surface area contributed by atoms with Gasteiger partial charge in [0.25, 0.3) is 0 Å². The zero-order valence-corrected chi connectivity index (χ0v) is 9.83. The number of nitrogen functional groups attached to an aromatic ring is 1. The number of aryl methyl sites for hydroxylation is 1. The first-order valence-corrected chi connectivity index (χ1v) is 5.89. The van der Waals surface area contributed by atoms with E-state index in [0.717, 1.165) is 32.0 Å². The van der Waals surface area contributed by atoms with Gasteiger partial charge < -0.3 is 15.8 Å². The van der Waals surface area contributed by atoms with Crippen molar-refractivity contribution in [3.05, 3.63) is 29.3 Å². The third-order valence-electron chi connectivity index (χ3n) is 3.07.